The van der Waals surface area contributed by atoms with E-state index in [-0.39, 0.29) is 6.04 Å². The third-order valence-corrected chi connectivity index (χ3v) is 7.35. The average Bonchev–Trinajstić information content (AvgIpc) is 3.52. The van der Waals surface area contributed by atoms with E-state index in [9.17, 15) is 15.0 Å². The Bertz CT molecular complexity index is 1250. The number of carbonyl (C=O) groups is 1. The highest BCUT2D eigenvalue weighted by Gasteiger charge is 2.40. The molecule has 0 bridgehead atoms. The van der Waals surface area contributed by atoms with Gasteiger partial charge in [0.05, 0.1) is 0 Å². The first-order valence-electron chi connectivity index (χ1n) is 11.9. The number of thioether (sulfide) groups is 1. The third-order valence-electron chi connectivity index (χ3n) is 6.29. The molecule has 0 amide bonds. The molecule has 0 saturated heterocycles. The number of carboxylic acid groups (broad SMARTS) is 1. The summed E-state index contributed by atoms with van der Waals surface area (Å²) in [5.74, 6) is 0.661. The smallest absolute Gasteiger partial charge is 0.329 e. The molecule has 3 aromatic rings. The highest BCUT2D eigenvalue weighted by Crippen LogP contribution is 2.43. The summed E-state index contributed by atoms with van der Waals surface area (Å²) in [4.78, 5) is 20.2. The summed E-state index contributed by atoms with van der Waals surface area (Å²) >= 11 is 1.53. The van der Waals surface area contributed by atoms with Crippen molar-refractivity contribution in [2.45, 2.75) is 61.2 Å². The minimum Gasteiger partial charge on any atom is -0.480 e. The third kappa shape index (κ3) is 5.07. The molecule has 12 heteroatoms. The zero-order valence-corrected chi connectivity index (χ0v) is 20.5. The normalized spacial score (nSPS) is 27.3. The molecule has 0 radical (unpaired) electrons. The van der Waals surface area contributed by atoms with Gasteiger partial charge in [-0.15, -0.1) is 5.10 Å². The monoisotopic (exact) mass is 512 g/mol. The van der Waals surface area contributed by atoms with Crippen molar-refractivity contribution in [3.05, 3.63) is 48.0 Å². The van der Waals surface area contributed by atoms with Crippen LogP contribution in [0.4, 0.5) is 5.82 Å². The van der Waals surface area contributed by atoms with Gasteiger partial charge in [0.2, 0.25) is 0 Å². The predicted molar refractivity (Wildman–Crippen MR) is 133 cm³/mol. The zero-order chi connectivity index (χ0) is 25.2. The number of aromatic nitrogens is 5. The van der Waals surface area contributed by atoms with Crippen molar-refractivity contribution in [1.29, 1.82) is 0 Å². The molecule has 6 atom stereocenters. The fourth-order valence-electron chi connectivity index (χ4n) is 4.36. The van der Waals surface area contributed by atoms with Crippen LogP contribution in [0.15, 0.2) is 47.6 Å². The molecule has 2 heterocycles. The number of aliphatic hydroxyl groups excluding tert-OH is 2. The van der Waals surface area contributed by atoms with Crippen LogP contribution in [-0.4, -0.2) is 83.0 Å². The molecule has 1 saturated carbocycles. The second-order valence-electron chi connectivity index (χ2n) is 8.94. The first-order valence-corrected chi connectivity index (χ1v) is 12.9. The second-order valence-corrected chi connectivity index (χ2v) is 10.0. The van der Waals surface area contributed by atoms with E-state index >= 15 is 0 Å². The lowest BCUT2D eigenvalue weighted by atomic mass is 9.94. The standard InChI is InChI=1S/C24H28N6O5S/c1-2-10-36-24-26-22(25-15-11-14(15)13-6-4-3-5-7-13)19-23(27-24)30(29-28-19)16-8-9-17(21(34)20(16)33)35-12-18(31)32/h3-9,14-17,20-21,33-34H,2,10-12H2,1H3,(H,31,32)(H,25,26,27)/t14-,15+,16+,17-,20-,21+/m0/s1. The molecule has 0 spiro atoms. The van der Waals surface area contributed by atoms with E-state index in [1.807, 2.05) is 18.2 Å². The highest BCUT2D eigenvalue weighted by atomic mass is 32.2. The predicted octanol–water partition coefficient (Wildman–Crippen LogP) is 1.99. The van der Waals surface area contributed by atoms with Gasteiger partial charge in [-0.1, -0.05) is 66.4 Å². The summed E-state index contributed by atoms with van der Waals surface area (Å²) in [6.07, 6.45) is 1.49. The number of hydrogen-bond donors (Lipinski definition) is 4. The topological polar surface area (TPSA) is 156 Å². The largest absolute Gasteiger partial charge is 0.480 e. The molecule has 4 N–H and O–H groups in total. The van der Waals surface area contributed by atoms with Crippen molar-refractivity contribution < 1.29 is 24.9 Å². The van der Waals surface area contributed by atoms with E-state index in [1.165, 1.54) is 28.1 Å². The Kier molecular flexibility index (Phi) is 7.19. The van der Waals surface area contributed by atoms with E-state index in [0.29, 0.717) is 28.1 Å². The van der Waals surface area contributed by atoms with Crippen LogP contribution >= 0.6 is 11.8 Å². The fraction of sp³-hybridized carbons (Fsp3) is 0.458. The van der Waals surface area contributed by atoms with Gasteiger partial charge in [0.1, 0.15) is 31.0 Å². The number of benzene rings is 1. The quantitative estimate of drug-likeness (QED) is 0.179. The summed E-state index contributed by atoms with van der Waals surface area (Å²) in [7, 11) is 0. The maximum Gasteiger partial charge on any atom is 0.329 e. The van der Waals surface area contributed by atoms with Crippen molar-refractivity contribution >= 4 is 34.7 Å². The molecule has 2 aliphatic rings. The molecule has 0 aliphatic heterocycles. The number of nitrogens with zero attached hydrogens (tertiary/aromatic N) is 5. The van der Waals surface area contributed by atoms with Crippen molar-refractivity contribution in [3.8, 4) is 0 Å². The summed E-state index contributed by atoms with van der Waals surface area (Å²) in [5, 5.41) is 42.9. The van der Waals surface area contributed by atoms with Gasteiger partial charge in [-0.05, 0) is 18.4 Å². The molecule has 11 nitrogen and oxygen atoms in total. The Balaban J connectivity index is 1.43. The average molecular weight is 513 g/mol. The number of aliphatic carboxylic acids is 1. The van der Waals surface area contributed by atoms with Gasteiger partial charge < -0.3 is 25.4 Å². The van der Waals surface area contributed by atoms with Gasteiger partial charge in [0.25, 0.3) is 0 Å². The van der Waals surface area contributed by atoms with Crippen LogP contribution in [0, 0.1) is 0 Å². The Morgan fingerprint density at radius 2 is 2.00 bits per heavy atom. The summed E-state index contributed by atoms with van der Waals surface area (Å²) in [6.45, 7) is 1.50. The number of anilines is 1. The van der Waals surface area contributed by atoms with Crippen molar-refractivity contribution in [2.75, 3.05) is 17.7 Å². The number of carboxylic acids is 1. The van der Waals surface area contributed by atoms with Crippen LogP contribution in [-0.2, 0) is 9.53 Å². The minimum absolute atomic E-state index is 0.216. The van der Waals surface area contributed by atoms with Gasteiger partial charge in [0.15, 0.2) is 22.1 Å². The van der Waals surface area contributed by atoms with Gasteiger partial charge in [0, 0.05) is 17.7 Å². The lowest BCUT2D eigenvalue weighted by molar-refractivity contribution is -0.148. The number of ether oxygens (including phenoxy) is 1. The molecule has 0 unspecified atom stereocenters. The van der Waals surface area contributed by atoms with Crippen molar-refractivity contribution in [1.82, 2.24) is 25.0 Å². The van der Waals surface area contributed by atoms with Crippen LogP contribution in [0.5, 0.6) is 0 Å². The minimum atomic E-state index is -1.34. The zero-order valence-electron chi connectivity index (χ0n) is 19.6. The maximum atomic E-state index is 10.8. The molecule has 36 heavy (non-hydrogen) atoms. The molecule has 190 valence electrons. The summed E-state index contributed by atoms with van der Waals surface area (Å²) in [5.41, 5.74) is 2.19. The Labute approximate surface area is 211 Å². The number of hydrogen-bond acceptors (Lipinski definition) is 10. The van der Waals surface area contributed by atoms with E-state index in [4.69, 9.17) is 14.8 Å². The number of nitrogens with one attached hydrogen (secondary N) is 1. The number of rotatable bonds is 10. The molecular formula is C24H28N6O5S. The van der Waals surface area contributed by atoms with E-state index < -0.39 is 36.9 Å². The Morgan fingerprint density at radius 1 is 1.19 bits per heavy atom. The number of aliphatic hydroxyl groups is 2. The SMILES string of the molecule is CCCSc1nc(N[C@@H]2C[C@H]2c2ccccc2)c2nnn([C@@H]3C=C[C@H](OCC(=O)O)[C@@H](O)[C@H]3O)c2n1. The summed E-state index contributed by atoms with van der Waals surface area (Å²) < 4.78 is 6.65. The molecule has 1 aromatic carbocycles. The van der Waals surface area contributed by atoms with Crippen molar-refractivity contribution in [3.63, 3.8) is 0 Å². The second kappa shape index (κ2) is 10.5. The molecule has 2 aliphatic carbocycles. The lowest BCUT2D eigenvalue weighted by Crippen LogP contribution is -2.46. The van der Waals surface area contributed by atoms with E-state index in [1.54, 1.807) is 6.08 Å². The van der Waals surface area contributed by atoms with Crippen molar-refractivity contribution in [2.24, 2.45) is 0 Å². The van der Waals surface area contributed by atoms with Crippen LogP contribution in [0.25, 0.3) is 11.2 Å². The summed E-state index contributed by atoms with van der Waals surface area (Å²) in [6, 6.07) is 9.77. The first-order chi connectivity index (χ1) is 17.5. The Hall–Kier alpha value is -3.06. The fourth-order valence-corrected chi connectivity index (χ4v) is 5.06. The molecular weight excluding hydrogens is 484 g/mol. The molecule has 2 aromatic heterocycles. The lowest BCUT2D eigenvalue weighted by Gasteiger charge is -2.32. The Morgan fingerprint density at radius 3 is 2.75 bits per heavy atom. The van der Waals surface area contributed by atoms with E-state index in [0.717, 1.165) is 18.6 Å². The molecule has 1 fully saturated rings. The van der Waals surface area contributed by atoms with Gasteiger partial charge in [-0.2, -0.15) is 0 Å². The van der Waals surface area contributed by atoms with Gasteiger partial charge in [-0.3, -0.25) is 0 Å². The number of fused-ring (bicyclic) bond motifs is 1. The van der Waals surface area contributed by atoms with Crippen LogP contribution in [0.1, 0.15) is 37.3 Å². The van der Waals surface area contributed by atoms with Gasteiger partial charge in [-0.25, -0.2) is 19.4 Å². The highest BCUT2D eigenvalue weighted by molar-refractivity contribution is 7.99. The van der Waals surface area contributed by atoms with Crippen LogP contribution < -0.4 is 5.32 Å². The van der Waals surface area contributed by atoms with Crippen LogP contribution in [0.3, 0.4) is 0 Å². The molecule has 5 rings (SSSR count). The van der Waals surface area contributed by atoms with Crippen LogP contribution in [0.2, 0.25) is 0 Å². The maximum absolute atomic E-state index is 10.8. The van der Waals surface area contributed by atoms with Gasteiger partial charge >= 0.3 is 5.97 Å². The first kappa shape index (κ1) is 24.6. The van der Waals surface area contributed by atoms with E-state index in [2.05, 4.69) is 39.7 Å².